The number of rotatable bonds is 9. The average Bonchev–Trinajstić information content (AvgIpc) is 3.23. The number of nitrogens with zero attached hydrogens (tertiary/aromatic N) is 2. The van der Waals surface area contributed by atoms with E-state index in [4.69, 9.17) is 14.2 Å². The van der Waals surface area contributed by atoms with E-state index >= 15 is 0 Å². The summed E-state index contributed by atoms with van der Waals surface area (Å²) >= 11 is 1.27. The molecule has 0 aliphatic carbocycles. The molecule has 1 amide bonds. The maximum atomic E-state index is 12.5. The maximum Gasteiger partial charge on any atom is 0.264 e. The van der Waals surface area contributed by atoms with Crippen LogP contribution in [-0.2, 0) is 11.4 Å². The van der Waals surface area contributed by atoms with Crippen molar-refractivity contribution in [1.29, 1.82) is 5.26 Å². The van der Waals surface area contributed by atoms with Gasteiger partial charge in [0, 0.05) is 5.56 Å². The van der Waals surface area contributed by atoms with E-state index in [2.05, 4.69) is 16.4 Å². The Hall–Kier alpha value is -4.22. The molecular weight excluding hydrogens is 474 g/mol. The molecule has 1 heterocycles. The molecule has 3 aromatic rings. The molecule has 1 N–H and O–H groups in total. The predicted octanol–water partition coefficient (Wildman–Crippen LogP) is 5.83. The van der Waals surface area contributed by atoms with E-state index in [9.17, 15) is 10.1 Å². The summed E-state index contributed by atoms with van der Waals surface area (Å²) in [6.07, 6.45) is 1.79. The summed E-state index contributed by atoms with van der Waals surface area (Å²) < 4.78 is 17.2. The van der Waals surface area contributed by atoms with Crippen molar-refractivity contribution in [2.75, 3.05) is 13.2 Å². The van der Waals surface area contributed by atoms with Gasteiger partial charge < -0.3 is 19.5 Å². The SMILES string of the molecule is CCOc1ccc(N=C2NC(=O)/C(=C\c3ccc(OCc4ccccc4C#N)c(OCC)c3)S2)cc1. The van der Waals surface area contributed by atoms with E-state index in [-0.39, 0.29) is 12.5 Å². The predicted molar refractivity (Wildman–Crippen MR) is 142 cm³/mol. The van der Waals surface area contributed by atoms with Crippen molar-refractivity contribution in [3.05, 3.63) is 88.3 Å². The van der Waals surface area contributed by atoms with Crippen LogP contribution in [0.25, 0.3) is 6.08 Å². The molecule has 1 aliphatic rings. The summed E-state index contributed by atoms with van der Waals surface area (Å²) in [5, 5.41) is 12.6. The van der Waals surface area contributed by atoms with E-state index in [0.717, 1.165) is 22.6 Å². The van der Waals surface area contributed by atoms with Gasteiger partial charge in [-0.05, 0) is 79.7 Å². The molecule has 3 aromatic carbocycles. The fourth-order valence-corrected chi connectivity index (χ4v) is 4.29. The van der Waals surface area contributed by atoms with Crippen molar-refractivity contribution < 1.29 is 19.0 Å². The van der Waals surface area contributed by atoms with Crippen molar-refractivity contribution >= 4 is 34.6 Å². The van der Waals surface area contributed by atoms with E-state index in [0.29, 0.717) is 40.3 Å². The molecule has 36 heavy (non-hydrogen) atoms. The van der Waals surface area contributed by atoms with E-state index in [1.807, 2.05) is 68.4 Å². The van der Waals surface area contributed by atoms with Crippen LogP contribution >= 0.6 is 11.8 Å². The second-order valence-corrected chi connectivity index (χ2v) is 8.64. The monoisotopic (exact) mass is 499 g/mol. The minimum atomic E-state index is -0.212. The van der Waals surface area contributed by atoms with Crippen LogP contribution in [0, 0.1) is 11.3 Å². The number of ether oxygens (including phenoxy) is 3. The first-order valence-electron chi connectivity index (χ1n) is 11.5. The van der Waals surface area contributed by atoms with Gasteiger partial charge in [-0.3, -0.25) is 4.79 Å². The summed E-state index contributed by atoms with van der Waals surface area (Å²) in [6, 6.07) is 22.4. The lowest BCUT2D eigenvalue weighted by Crippen LogP contribution is -2.19. The number of amides is 1. The van der Waals surface area contributed by atoms with E-state index in [1.165, 1.54) is 11.8 Å². The quantitative estimate of drug-likeness (QED) is 0.373. The van der Waals surface area contributed by atoms with Crippen LogP contribution in [0.2, 0.25) is 0 Å². The second-order valence-electron chi connectivity index (χ2n) is 7.61. The van der Waals surface area contributed by atoms with Crippen LogP contribution in [0.15, 0.2) is 76.6 Å². The lowest BCUT2D eigenvalue weighted by Gasteiger charge is -2.13. The number of amidine groups is 1. The van der Waals surface area contributed by atoms with E-state index in [1.54, 1.807) is 18.2 Å². The van der Waals surface area contributed by atoms with Gasteiger partial charge in [-0.25, -0.2) is 4.99 Å². The molecule has 0 radical (unpaired) electrons. The fraction of sp³-hybridized carbons (Fsp3) is 0.179. The Labute approximate surface area is 214 Å². The molecule has 4 rings (SSSR count). The zero-order valence-corrected chi connectivity index (χ0v) is 20.8. The smallest absolute Gasteiger partial charge is 0.264 e. The highest BCUT2D eigenvalue weighted by Crippen LogP contribution is 2.33. The maximum absolute atomic E-state index is 12.5. The zero-order chi connectivity index (χ0) is 25.3. The average molecular weight is 500 g/mol. The highest BCUT2D eigenvalue weighted by Gasteiger charge is 2.24. The number of carbonyl (C=O) groups excluding carboxylic acids is 1. The van der Waals surface area contributed by atoms with Crippen molar-refractivity contribution in [2.24, 2.45) is 4.99 Å². The van der Waals surface area contributed by atoms with Crippen molar-refractivity contribution in [3.63, 3.8) is 0 Å². The molecule has 0 atom stereocenters. The Morgan fingerprint density at radius 3 is 2.50 bits per heavy atom. The fourth-order valence-electron chi connectivity index (χ4n) is 3.45. The third-order valence-electron chi connectivity index (χ3n) is 5.12. The standard InChI is InChI=1S/C28H25N3O4S/c1-3-33-23-12-10-22(11-13-23)30-28-31-27(32)26(36-28)16-19-9-14-24(25(15-19)34-4-2)35-18-21-8-6-5-7-20(21)17-29/h5-16H,3-4,18H2,1-2H3,(H,30,31,32)/b26-16+. The van der Waals surface area contributed by atoms with Gasteiger partial charge >= 0.3 is 0 Å². The van der Waals surface area contributed by atoms with Gasteiger partial charge in [-0.15, -0.1) is 0 Å². The highest BCUT2D eigenvalue weighted by atomic mass is 32.2. The van der Waals surface area contributed by atoms with Crippen molar-refractivity contribution in [3.8, 4) is 23.3 Å². The summed E-state index contributed by atoms with van der Waals surface area (Å²) in [4.78, 5) is 17.6. The molecule has 0 bridgehead atoms. The van der Waals surface area contributed by atoms with Gasteiger partial charge in [-0.2, -0.15) is 5.26 Å². The highest BCUT2D eigenvalue weighted by molar-refractivity contribution is 8.18. The number of thioether (sulfide) groups is 1. The first-order valence-corrected chi connectivity index (χ1v) is 12.3. The van der Waals surface area contributed by atoms with Gasteiger partial charge in [0.2, 0.25) is 0 Å². The molecular formula is C28H25N3O4S. The third kappa shape index (κ3) is 6.26. The van der Waals surface area contributed by atoms with Gasteiger partial charge in [0.1, 0.15) is 12.4 Å². The number of hydrogen-bond donors (Lipinski definition) is 1. The minimum Gasteiger partial charge on any atom is -0.494 e. The topological polar surface area (TPSA) is 92.9 Å². The zero-order valence-electron chi connectivity index (χ0n) is 20.0. The molecule has 1 fully saturated rings. The molecule has 1 aliphatic heterocycles. The Morgan fingerprint density at radius 2 is 1.75 bits per heavy atom. The molecule has 8 heteroatoms. The molecule has 182 valence electrons. The van der Waals surface area contributed by atoms with Crippen LogP contribution in [0.4, 0.5) is 5.69 Å². The number of benzene rings is 3. The molecule has 0 unspecified atom stereocenters. The largest absolute Gasteiger partial charge is 0.494 e. The Morgan fingerprint density at radius 1 is 0.972 bits per heavy atom. The number of nitrogens with one attached hydrogen (secondary N) is 1. The molecule has 0 saturated carbocycles. The van der Waals surface area contributed by atoms with Crippen LogP contribution in [0.1, 0.15) is 30.5 Å². The lowest BCUT2D eigenvalue weighted by atomic mass is 10.1. The Kier molecular flexibility index (Phi) is 8.27. The first-order chi connectivity index (χ1) is 17.6. The van der Waals surface area contributed by atoms with Crippen LogP contribution in [0.3, 0.4) is 0 Å². The number of carbonyl (C=O) groups is 1. The van der Waals surface area contributed by atoms with Crippen molar-refractivity contribution in [2.45, 2.75) is 20.5 Å². The molecule has 0 aromatic heterocycles. The Balaban J connectivity index is 1.49. The van der Waals surface area contributed by atoms with E-state index < -0.39 is 0 Å². The first kappa shape index (κ1) is 24.9. The number of aliphatic imine (C=N–C) groups is 1. The van der Waals surface area contributed by atoms with Crippen molar-refractivity contribution in [1.82, 2.24) is 5.32 Å². The Bertz CT molecular complexity index is 1340. The molecule has 0 spiro atoms. The normalized spacial score (nSPS) is 15.0. The summed E-state index contributed by atoms with van der Waals surface area (Å²) in [5.41, 5.74) is 2.89. The van der Waals surface area contributed by atoms with Gasteiger partial charge in [0.15, 0.2) is 16.7 Å². The summed E-state index contributed by atoms with van der Waals surface area (Å²) in [7, 11) is 0. The lowest BCUT2D eigenvalue weighted by molar-refractivity contribution is -0.115. The van der Waals surface area contributed by atoms with Gasteiger partial charge in [0.05, 0.1) is 35.4 Å². The second kappa shape index (κ2) is 12.0. The van der Waals surface area contributed by atoms with Crippen LogP contribution in [-0.4, -0.2) is 24.3 Å². The van der Waals surface area contributed by atoms with Gasteiger partial charge in [-0.1, -0.05) is 24.3 Å². The summed E-state index contributed by atoms with van der Waals surface area (Å²) in [5.74, 6) is 1.69. The van der Waals surface area contributed by atoms with Gasteiger partial charge in [0.25, 0.3) is 5.91 Å². The number of nitriles is 1. The minimum absolute atomic E-state index is 0.212. The van der Waals surface area contributed by atoms with Crippen LogP contribution < -0.4 is 19.5 Å². The molecule has 1 saturated heterocycles. The third-order valence-corrected chi connectivity index (χ3v) is 6.03. The summed E-state index contributed by atoms with van der Waals surface area (Å²) in [6.45, 7) is 5.12. The van der Waals surface area contributed by atoms with Crippen LogP contribution in [0.5, 0.6) is 17.2 Å². The number of hydrogen-bond acceptors (Lipinski definition) is 7. The molecule has 7 nitrogen and oxygen atoms in total.